The summed E-state index contributed by atoms with van der Waals surface area (Å²) in [6.45, 7) is 0.574. The number of rotatable bonds is 9. The van der Waals surface area contributed by atoms with Crippen LogP contribution in [0.4, 0.5) is 0 Å². The molecule has 0 aliphatic heterocycles. The molecule has 2 aromatic rings. The number of nitrogens with one attached hydrogen (secondary N) is 1. The molecule has 0 fully saturated rings. The van der Waals surface area contributed by atoms with Crippen LogP contribution in [-0.4, -0.2) is 49.1 Å². The maximum absolute atomic E-state index is 9.47. The summed E-state index contributed by atoms with van der Waals surface area (Å²) in [4.78, 5) is 3.87. The number of unbranched alkanes of at least 4 members (excludes halogenated alkanes) is 1. The molecule has 0 saturated heterocycles. The van der Waals surface area contributed by atoms with Gasteiger partial charge in [-0.2, -0.15) is 0 Å². The monoisotopic (exact) mass is 345 g/mol. The Balaban J connectivity index is 2.01. The van der Waals surface area contributed by atoms with Crippen LogP contribution in [-0.2, 0) is 6.42 Å². The van der Waals surface area contributed by atoms with Crippen molar-refractivity contribution in [3.63, 3.8) is 0 Å². The van der Waals surface area contributed by atoms with Crippen molar-refractivity contribution < 1.29 is 14.9 Å². The van der Waals surface area contributed by atoms with Crippen LogP contribution in [0.3, 0.4) is 0 Å². The fourth-order valence-corrected chi connectivity index (χ4v) is 2.65. The van der Waals surface area contributed by atoms with E-state index >= 15 is 0 Å². The highest BCUT2D eigenvalue weighted by Gasteiger charge is 2.09. The standard InChI is InChI=1S/C19H27N3O3/c1-21-19(20)22-11-5-4-6-14-9-10-18(25-13-15(24)12-23)17-8-3-2-7-16(14)17/h2-3,7-10,15,23-24H,4-6,11-13H2,1H3,(H3,20,21,22). The van der Waals surface area contributed by atoms with Gasteiger partial charge in [0.2, 0.25) is 0 Å². The molecule has 0 saturated carbocycles. The van der Waals surface area contributed by atoms with Crippen LogP contribution < -0.4 is 15.8 Å². The molecule has 1 unspecified atom stereocenters. The number of nitrogens with zero attached hydrogens (tertiary/aromatic N) is 1. The Labute approximate surface area is 148 Å². The summed E-state index contributed by atoms with van der Waals surface area (Å²) in [6, 6.07) is 12.1. The van der Waals surface area contributed by atoms with Gasteiger partial charge in [0.15, 0.2) is 5.96 Å². The molecule has 6 nitrogen and oxygen atoms in total. The minimum atomic E-state index is -0.870. The van der Waals surface area contributed by atoms with Gasteiger partial charge in [-0.25, -0.2) is 0 Å². The van der Waals surface area contributed by atoms with E-state index in [1.54, 1.807) is 7.05 Å². The van der Waals surface area contributed by atoms with E-state index in [1.165, 1.54) is 5.56 Å². The van der Waals surface area contributed by atoms with Crippen molar-refractivity contribution in [1.29, 1.82) is 0 Å². The molecule has 0 aromatic heterocycles. The van der Waals surface area contributed by atoms with E-state index in [0.29, 0.717) is 5.96 Å². The van der Waals surface area contributed by atoms with Crippen molar-refractivity contribution in [3.8, 4) is 5.75 Å². The third-order valence-electron chi connectivity index (χ3n) is 4.04. The van der Waals surface area contributed by atoms with Gasteiger partial charge < -0.3 is 26.0 Å². The van der Waals surface area contributed by atoms with Crippen LogP contribution in [0.1, 0.15) is 18.4 Å². The first-order valence-electron chi connectivity index (χ1n) is 8.54. The van der Waals surface area contributed by atoms with Crippen LogP contribution in [0.2, 0.25) is 0 Å². The molecular formula is C19H27N3O3. The topological polar surface area (TPSA) is 100 Å². The lowest BCUT2D eigenvalue weighted by Gasteiger charge is -2.14. The van der Waals surface area contributed by atoms with E-state index in [1.807, 2.05) is 24.3 Å². The first-order valence-corrected chi connectivity index (χ1v) is 8.54. The lowest BCUT2D eigenvalue weighted by molar-refractivity contribution is 0.0541. The van der Waals surface area contributed by atoms with Crippen molar-refractivity contribution in [2.24, 2.45) is 10.7 Å². The quantitative estimate of drug-likeness (QED) is 0.313. The maximum Gasteiger partial charge on any atom is 0.188 e. The lowest BCUT2D eigenvalue weighted by Crippen LogP contribution is -2.32. The molecule has 5 N–H and O–H groups in total. The van der Waals surface area contributed by atoms with E-state index in [-0.39, 0.29) is 13.2 Å². The third-order valence-corrected chi connectivity index (χ3v) is 4.04. The largest absolute Gasteiger partial charge is 0.490 e. The molecule has 0 aliphatic carbocycles. The Morgan fingerprint density at radius 2 is 1.96 bits per heavy atom. The van der Waals surface area contributed by atoms with Gasteiger partial charge in [-0.3, -0.25) is 4.99 Å². The highest BCUT2D eigenvalue weighted by atomic mass is 16.5. The lowest BCUT2D eigenvalue weighted by atomic mass is 9.99. The van der Waals surface area contributed by atoms with E-state index in [0.717, 1.165) is 42.3 Å². The summed E-state index contributed by atoms with van der Waals surface area (Å²) in [5.74, 6) is 1.19. The van der Waals surface area contributed by atoms with Crippen LogP contribution in [0.15, 0.2) is 41.4 Å². The smallest absolute Gasteiger partial charge is 0.188 e. The number of benzene rings is 2. The van der Waals surface area contributed by atoms with Crippen LogP contribution in [0, 0.1) is 0 Å². The number of aryl methyl sites for hydroxylation is 1. The SMILES string of the molecule is CN=C(N)NCCCCc1ccc(OCC(O)CO)c2ccccc12. The Bertz CT molecular complexity index is 703. The number of aliphatic hydroxyl groups excluding tert-OH is 2. The summed E-state index contributed by atoms with van der Waals surface area (Å²) in [5.41, 5.74) is 6.88. The molecule has 1 atom stereocenters. The zero-order valence-corrected chi connectivity index (χ0v) is 14.6. The Hall–Kier alpha value is -2.31. The fraction of sp³-hybridized carbons (Fsp3) is 0.421. The van der Waals surface area contributed by atoms with E-state index in [2.05, 4.69) is 22.4 Å². The number of aliphatic imine (C=N–C) groups is 1. The molecule has 0 aliphatic rings. The average Bonchev–Trinajstić information content (AvgIpc) is 2.66. The molecule has 0 bridgehead atoms. The normalized spacial score (nSPS) is 13.0. The second kappa shape index (κ2) is 9.86. The predicted molar refractivity (Wildman–Crippen MR) is 101 cm³/mol. The van der Waals surface area contributed by atoms with Crippen molar-refractivity contribution in [3.05, 3.63) is 42.0 Å². The molecule has 0 spiro atoms. The molecule has 25 heavy (non-hydrogen) atoms. The summed E-state index contributed by atoms with van der Waals surface area (Å²) in [7, 11) is 1.66. The predicted octanol–water partition coefficient (Wildman–Crippen LogP) is 1.43. The zero-order valence-electron chi connectivity index (χ0n) is 14.6. The Kier molecular flexibility index (Phi) is 7.50. The van der Waals surface area contributed by atoms with Crippen molar-refractivity contribution in [2.45, 2.75) is 25.4 Å². The van der Waals surface area contributed by atoms with Crippen LogP contribution in [0.5, 0.6) is 5.75 Å². The molecule has 0 heterocycles. The van der Waals surface area contributed by atoms with E-state index in [9.17, 15) is 5.11 Å². The Morgan fingerprint density at radius 1 is 1.20 bits per heavy atom. The molecule has 0 amide bonds. The van der Waals surface area contributed by atoms with Gasteiger partial charge in [0.1, 0.15) is 18.5 Å². The average molecular weight is 345 g/mol. The number of aliphatic hydroxyl groups is 2. The van der Waals surface area contributed by atoms with Gasteiger partial charge in [-0.1, -0.05) is 30.3 Å². The highest BCUT2D eigenvalue weighted by molar-refractivity contribution is 5.91. The number of fused-ring (bicyclic) bond motifs is 1. The number of ether oxygens (including phenoxy) is 1. The minimum absolute atomic E-state index is 0.0753. The number of nitrogens with two attached hydrogens (primary N) is 1. The van der Waals surface area contributed by atoms with Gasteiger partial charge in [-0.15, -0.1) is 0 Å². The molecule has 2 rings (SSSR count). The summed E-state index contributed by atoms with van der Waals surface area (Å²) in [6.07, 6.45) is 2.14. The van der Waals surface area contributed by atoms with E-state index in [4.69, 9.17) is 15.6 Å². The molecular weight excluding hydrogens is 318 g/mol. The Morgan fingerprint density at radius 3 is 2.68 bits per heavy atom. The van der Waals surface area contributed by atoms with Gasteiger partial charge in [0.25, 0.3) is 0 Å². The van der Waals surface area contributed by atoms with Gasteiger partial charge >= 0.3 is 0 Å². The third kappa shape index (κ3) is 5.62. The van der Waals surface area contributed by atoms with Gasteiger partial charge in [0.05, 0.1) is 6.61 Å². The van der Waals surface area contributed by atoms with Crippen LogP contribution >= 0.6 is 0 Å². The van der Waals surface area contributed by atoms with E-state index < -0.39 is 6.10 Å². The van der Waals surface area contributed by atoms with Gasteiger partial charge in [-0.05, 0) is 36.3 Å². The first kappa shape index (κ1) is 19.0. The molecule has 0 radical (unpaired) electrons. The first-order chi connectivity index (χ1) is 12.2. The summed E-state index contributed by atoms with van der Waals surface area (Å²) in [5, 5.41) is 23.6. The maximum atomic E-state index is 9.47. The minimum Gasteiger partial charge on any atom is -0.490 e. The number of hydrogen-bond donors (Lipinski definition) is 4. The second-order valence-corrected chi connectivity index (χ2v) is 5.91. The second-order valence-electron chi connectivity index (χ2n) is 5.91. The van der Waals surface area contributed by atoms with Crippen molar-refractivity contribution in [2.75, 3.05) is 26.8 Å². The van der Waals surface area contributed by atoms with Crippen molar-refractivity contribution in [1.82, 2.24) is 5.32 Å². The van der Waals surface area contributed by atoms with Crippen LogP contribution in [0.25, 0.3) is 10.8 Å². The highest BCUT2D eigenvalue weighted by Crippen LogP contribution is 2.29. The number of hydrogen-bond acceptors (Lipinski definition) is 4. The summed E-state index contributed by atoms with van der Waals surface area (Å²) < 4.78 is 5.66. The van der Waals surface area contributed by atoms with Gasteiger partial charge in [0, 0.05) is 19.0 Å². The number of guanidine groups is 1. The molecule has 136 valence electrons. The zero-order chi connectivity index (χ0) is 18.1. The summed E-state index contributed by atoms with van der Waals surface area (Å²) >= 11 is 0. The molecule has 2 aromatic carbocycles. The fourth-order valence-electron chi connectivity index (χ4n) is 2.65. The molecule has 6 heteroatoms. The van der Waals surface area contributed by atoms with Crippen molar-refractivity contribution >= 4 is 16.7 Å².